The van der Waals surface area contributed by atoms with Gasteiger partial charge >= 0.3 is 0 Å². The van der Waals surface area contributed by atoms with E-state index in [1.54, 1.807) is 4.90 Å². The first-order valence-electron chi connectivity index (χ1n) is 10.7. The van der Waals surface area contributed by atoms with Gasteiger partial charge in [0.2, 0.25) is 5.91 Å². The molecular formula is C28H21BrN2O2. The zero-order valence-electron chi connectivity index (χ0n) is 17.7. The highest BCUT2D eigenvalue weighted by Gasteiger charge is 2.34. The Hall–Kier alpha value is -3.70. The maximum absolute atomic E-state index is 13.8. The predicted molar refractivity (Wildman–Crippen MR) is 134 cm³/mol. The molecule has 0 aromatic heterocycles. The van der Waals surface area contributed by atoms with Gasteiger partial charge in [-0.15, -0.1) is 0 Å². The van der Waals surface area contributed by atoms with Gasteiger partial charge in [0.05, 0.1) is 6.04 Å². The topological polar surface area (TPSA) is 49.4 Å². The fourth-order valence-electron chi connectivity index (χ4n) is 4.26. The van der Waals surface area contributed by atoms with Crippen LogP contribution in [0, 0.1) is 0 Å². The molecule has 4 aromatic rings. The van der Waals surface area contributed by atoms with Crippen molar-refractivity contribution in [2.24, 2.45) is 0 Å². The average Bonchev–Trinajstić information content (AvgIpc) is 3.00. The molecular weight excluding hydrogens is 476 g/mol. The van der Waals surface area contributed by atoms with E-state index >= 15 is 0 Å². The number of anilines is 1. The number of amides is 2. The van der Waals surface area contributed by atoms with Crippen LogP contribution in [0.2, 0.25) is 0 Å². The van der Waals surface area contributed by atoms with Gasteiger partial charge in [0.25, 0.3) is 5.91 Å². The number of carbonyl (C=O) groups is 2. The van der Waals surface area contributed by atoms with Crippen LogP contribution in [0.3, 0.4) is 0 Å². The lowest BCUT2D eigenvalue weighted by atomic mass is 9.95. The zero-order chi connectivity index (χ0) is 22.8. The van der Waals surface area contributed by atoms with Crippen LogP contribution in [-0.2, 0) is 4.79 Å². The summed E-state index contributed by atoms with van der Waals surface area (Å²) in [6, 6.07) is 32.7. The molecule has 0 spiro atoms. The van der Waals surface area contributed by atoms with Crippen molar-refractivity contribution in [3.8, 4) is 11.1 Å². The molecule has 0 unspecified atom stereocenters. The van der Waals surface area contributed by atoms with Crippen molar-refractivity contribution < 1.29 is 9.59 Å². The van der Waals surface area contributed by atoms with Crippen molar-refractivity contribution in [1.29, 1.82) is 0 Å². The highest BCUT2D eigenvalue weighted by molar-refractivity contribution is 9.10. The Bertz CT molecular complexity index is 1310. The summed E-state index contributed by atoms with van der Waals surface area (Å²) in [6.07, 6.45) is 0. The fraction of sp³-hybridized carbons (Fsp3) is 0.0714. The highest BCUT2D eigenvalue weighted by Crippen LogP contribution is 2.38. The first-order chi connectivity index (χ1) is 16.1. The van der Waals surface area contributed by atoms with Crippen LogP contribution in [0.15, 0.2) is 108 Å². The third kappa shape index (κ3) is 4.32. The summed E-state index contributed by atoms with van der Waals surface area (Å²) in [6.45, 7) is -0.0366. The number of nitrogens with one attached hydrogen (secondary N) is 1. The second-order valence-electron chi connectivity index (χ2n) is 7.97. The van der Waals surface area contributed by atoms with Crippen molar-refractivity contribution in [1.82, 2.24) is 4.90 Å². The minimum atomic E-state index is -0.404. The van der Waals surface area contributed by atoms with Gasteiger partial charge in [-0.05, 0) is 47.0 Å². The van der Waals surface area contributed by atoms with E-state index in [9.17, 15) is 9.59 Å². The first kappa shape index (κ1) is 21.2. The standard InChI is InChI=1S/C28H21BrN2O2/c29-23-15-16-25-24(17-23)27(21-9-5-2-6-10-21)31(18-26(32)30-25)28(33)22-13-11-20(12-14-22)19-7-3-1-4-8-19/h1-17,27H,18H2,(H,30,32)/t27-/m1/s1. The summed E-state index contributed by atoms with van der Waals surface area (Å²) < 4.78 is 0.887. The molecule has 1 N–H and O–H groups in total. The number of carbonyl (C=O) groups excluding carboxylic acids is 2. The predicted octanol–water partition coefficient (Wildman–Crippen LogP) is 6.30. The van der Waals surface area contributed by atoms with Crippen LogP contribution < -0.4 is 5.32 Å². The maximum atomic E-state index is 13.8. The van der Waals surface area contributed by atoms with Crippen LogP contribution in [-0.4, -0.2) is 23.3 Å². The molecule has 162 valence electrons. The van der Waals surface area contributed by atoms with Crippen LogP contribution in [0.4, 0.5) is 5.69 Å². The second-order valence-corrected chi connectivity index (χ2v) is 8.89. The summed E-state index contributed by atoms with van der Waals surface area (Å²) in [5.41, 5.74) is 5.20. The van der Waals surface area contributed by atoms with Gasteiger partial charge in [-0.3, -0.25) is 9.59 Å². The smallest absolute Gasteiger partial charge is 0.255 e. The number of rotatable bonds is 3. The van der Waals surface area contributed by atoms with E-state index in [0.717, 1.165) is 26.7 Å². The van der Waals surface area contributed by atoms with E-state index in [1.165, 1.54) is 0 Å². The quantitative estimate of drug-likeness (QED) is 0.361. The molecule has 5 heteroatoms. The van der Waals surface area contributed by atoms with E-state index in [0.29, 0.717) is 11.3 Å². The Labute approximate surface area is 201 Å². The zero-order valence-corrected chi connectivity index (χ0v) is 19.3. The van der Waals surface area contributed by atoms with Crippen molar-refractivity contribution in [2.75, 3.05) is 11.9 Å². The van der Waals surface area contributed by atoms with Crippen LogP contribution in [0.1, 0.15) is 27.5 Å². The highest BCUT2D eigenvalue weighted by atomic mass is 79.9. The molecule has 5 rings (SSSR count). The molecule has 2 amide bonds. The molecule has 4 aromatic carbocycles. The average molecular weight is 497 g/mol. The summed E-state index contributed by atoms with van der Waals surface area (Å²) in [7, 11) is 0. The second kappa shape index (κ2) is 9.04. The summed E-state index contributed by atoms with van der Waals surface area (Å²) >= 11 is 3.55. The number of fused-ring (bicyclic) bond motifs is 1. The fourth-order valence-corrected chi connectivity index (χ4v) is 4.64. The summed E-state index contributed by atoms with van der Waals surface area (Å²) in [4.78, 5) is 28.2. The minimum Gasteiger partial charge on any atom is -0.324 e. The molecule has 0 saturated heterocycles. The van der Waals surface area contributed by atoms with Gasteiger partial charge in [-0.1, -0.05) is 88.7 Å². The van der Waals surface area contributed by atoms with Gasteiger partial charge in [0.1, 0.15) is 6.54 Å². The molecule has 0 fully saturated rings. The molecule has 4 nitrogen and oxygen atoms in total. The minimum absolute atomic E-state index is 0.0366. The third-order valence-electron chi connectivity index (χ3n) is 5.82. The van der Waals surface area contributed by atoms with Crippen LogP contribution >= 0.6 is 15.9 Å². The van der Waals surface area contributed by atoms with Crippen molar-refractivity contribution in [3.05, 3.63) is 124 Å². The number of benzene rings is 4. The summed E-state index contributed by atoms with van der Waals surface area (Å²) in [5, 5.41) is 2.96. The van der Waals surface area contributed by atoms with Crippen molar-refractivity contribution in [3.63, 3.8) is 0 Å². The van der Waals surface area contributed by atoms with E-state index in [4.69, 9.17) is 0 Å². The number of halogens is 1. The number of hydrogen-bond donors (Lipinski definition) is 1. The molecule has 1 heterocycles. The van der Waals surface area contributed by atoms with Crippen molar-refractivity contribution in [2.45, 2.75) is 6.04 Å². The van der Waals surface area contributed by atoms with Gasteiger partial charge in [-0.2, -0.15) is 0 Å². The van der Waals surface area contributed by atoms with E-state index in [1.807, 2.05) is 103 Å². The number of hydrogen-bond acceptors (Lipinski definition) is 2. The Morgan fingerprint density at radius 1 is 0.818 bits per heavy atom. The Morgan fingerprint density at radius 2 is 1.45 bits per heavy atom. The van der Waals surface area contributed by atoms with Crippen molar-refractivity contribution >= 4 is 33.4 Å². The normalized spacial score (nSPS) is 15.4. The largest absolute Gasteiger partial charge is 0.324 e. The lowest BCUT2D eigenvalue weighted by Crippen LogP contribution is -2.39. The molecule has 0 saturated carbocycles. The summed E-state index contributed by atoms with van der Waals surface area (Å²) in [5.74, 6) is -0.405. The molecule has 0 bridgehead atoms. The molecule has 0 radical (unpaired) electrons. The molecule has 0 aliphatic carbocycles. The van der Waals surface area contributed by atoms with E-state index in [2.05, 4.69) is 21.2 Å². The first-order valence-corrected chi connectivity index (χ1v) is 11.5. The van der Waals surface area contributed by atoms with Crippen LogP contribution in [0.25, 0.3) is 11.1 Å². The Balaban J connectivity index is 1.57. The van der Waals surface area contributed by atoms with E-state index in [-0.39, 0.29) is 18.4 Å². The Morgan fingerprint density at radius 3 is 2.15 bits per heavy atom. The monoisotopic (exact) mass is 496 g/mol. The molecule has 33 heavy (non-hydrogen) atoms. The van der Waals surface area contributed by atoms with Gasteiger partial charge in [0, 0.05) is 21.3 Å². The molecule has 1 aliphatic heterocycles. The lowest BCUT2D eigenvalue weighted by molar-refractivity contribution is -0.117. The molecule has 1 atom stereocenters. The SMILES string of the molecule is O=C1CN(C(=O)c2ccc(-c3ccccc3)cc2)[C@H](c2ccccc2)c2cc(Br)ccc2N1. The van der Waals surface area contributed by atoms with Gasteiger partial charge in [-0.25, -0.2) is 0 Å². The molecule has 1 aliphatic rings. The third-order valence-corrected chi connectivity index (χ3v) is 6.32. The Kier molecular flexibility index (Phi) is 5.80. The van der Waals surface area contributed by atoms with E-state index < -0.39 is 6.04 Å². The van der Waals surface area contributed by atoms with Crippen LogP contribution in [0.5, 0.6) is 0 Å². The van der Waals surface area contributed by atoms with Gasteiger partial charge in [0.15, 0.2) is 0 Å². The van der Waals surface area contributed by atoms with Gasteiger partial charge < -0.3 is 10.2 Å². The number of nitrogens with zero attached hydrogens (tertiary/aromatic N) is 1. The maximum Gasteiger partial charge on any atom is 0.255 e. The lowest BCUT2D eigenvalue weighted by Gasteiger charge is -2.31.